The topological polar surface area (TPSA) is 29.1 Å². The maximum atomic E-state index is 13.3. The summed E-state index contributed by atoms with van der Waals surface area (Å²) in [5.74, 6) is 3.03. The summed E-state index contributed by atoms with van der Waals surface area (Å²) in [7, 11) is 0. The second kappa shape index (κ2) is 4.82. The molecule has 5 atom stereocenters. The molecule has 0 spiro atoms. The van der Waals surface area contributed by atoms with Crippen molar-refractivity contribution < 1.29 is 9.18 Å². The van der Waals surface area contributed by atoms with Crippen molar-refractivity contribution in [2.45, 2.75) is 45.1 Å². The standard InChI is InChI=1S/C18H22FNO/c1-10-7-11(5-6-16(10)19)18(21)20-17-9-12-8-15(17)14-4-2-3-13(12)14/h5-7,12-15,17H,2-4,8-9H2,1H3,(H,20,21). The van der Waals surface area contributed by atoms with Gasteiger partial charge in [0, 0.05) is 11.6 Å². The van der Waals surface area contributed by atoms with Gasteiger partial charge in [0.15, 0.2) is 0 Å². The summed E-state index contributed by atoms with van der Waals surface area (Å²) in [5, 5.41) is 3.22. The molecule has 0 saturated heterocycles. The van der Waals surface area contributed by atoms with Gasteiger partial charge >= 0.3 is 0 Å². The lowest BCUT2D eigenvalue weighted by Gasteiger charge is -2.32. The molecule has 1 amide bonds. The summed E-state index contributed by atoms with van der Waals surface area (Å²) in [5.41, 5.74) is 1.12. The highest BCUT2D eigenvalue weighted by Gasteiger charge is 2.54. The summed E-state index contributed by atoms with van der Waals surface area (Å²) < 4.78 is 13.3. The number of nitrogens with one attached hydrogen (secondary N) is 1. The molecule has 21 heavy (non-hydrogen) atoms. The van der Waals surface area contributed by atoms with E-state index < -0.39 is 0 Å². The Morgan fingerprint density at radius 1 is 1.19 bits per heavy atom. The summed E-state index contributed by atoms with van der Waals surface area (Å²) in [6, 6.07) is 4.96. The average Bonchev–Trinajstić information content (AvgIpc) is 3.13. The van der Waals surface area contributed by atoms with Gasteiger partial charge in [-0.1, -0.05) is 6.42 Å². The van der Waals surface area contributed by atoms with Crippen LogP contribution in [0.25, 0.3) is 0 Å². The Balaban J connectivity index is 1.47. The molecule has 0 heterocycles. The molecule has 5 unspecified atom stereocenters. The molecule has 3 fully saturated rings. The van der Waals surface area contributed by atoms with Crippen molar-refractivity contribution in [1.29, 1.82) is 0 Å². The second-order valence-corrected chi connectivity index (χ2v) is 7.20. The largest absolute Gasteiger partial charge is 0.349 e. The predicted octanol–water partition coefficient (Wildman–Crippen LogP) is 3.69. The number of carbonyl (C=O) groups is 1. The van der Waals surface area contributed by atoms with E-state index in [0.717, 1.165) is 24.2 Å². The van der Waals surface area contributed by atoms with E-state index in [-0.39, 0.29) is 11.7 Å². The third kappa shape index (κ3) is 2.09. The predicted molar refractivity (Wildman–Crippen MR) is 79.4 cm³/mol. The van der Waals surface area contributed by atoms with E-state index in [2.05, 4.69) is 5.32 Å². The third-order valence-electron chi connectivity index (χ3n) is 6.17. The van der Waals surface area contributed by atoms with Crippen LogP contribution in [0, 0.1) is 36.4 Å². The van der Waals surface area contributed by atoms with Gasteiger partial charge in [0.05, 0.1) is 0 Å². The molecule has 112 valence electrons. The monoisotopic (exact) mass is 287 g/mol. The Hall–Kier alpha value is -1.38. The molecule has 2 bridgehead atoms. The number of hydrogen-bond acceptors (Lipinski definition) is 1. The van der Waals surface area contributed by atoms with Gasteiger partial charge in [0.1, 0.15) is 5.82 Å². The van der Waals surface area contributed by atoms with E-state index in [4.69, 9.17) is 0 Å². The van der Waals surface area contributed by atoms with Crippen LogP contribution in [0.3, 0.4) is 0 Å². The number of rotatable bonds is 2. The lowest BCUT2D eigenvalue weighted by atomic mass is 9.79. The fraction of sp³-hybridized carbons (Fsp3) is 0.611. The molecule has 2 nitrogen and oxygen atoms in total. The van der Waals surface area contributed by atoms with Crippen molar-refractivity contribution in [3.8, 4) is 0 Å². The van der Waals surface area contributed by atoms with Gasteiger partial charge in [-0.3, -0.25) is 4.79 Å². The van der Waals surface area contributed by atoms with Crippen molar-refractivity contribution in [2.24, 2.45) is 23.7 Å². The molecule has 1 aromatic carbocycles. The number of amides is 1. The summed E-state index contributed by atoms with van der Waals surface area (Å²) in [4.78, 5) is 12.4. The Kier molecular flexibility index (Phi) is 3.05. The molecular formula is C18H22FNO. The molecule has 1 N–H and O–H groups in total. The molecule has 3 heteroatoms. The van der Waals surface area contributed by atoms with Crippen LogP contribution in [0.2, 0.25) is 0 Å². The molecule has 1 aromatic rings. The molecular weight excluding hydrogens is 265 g/mol. The van der Waals surface area contributed by atoms with Gasteiger partial charge in [0.25, 0.3) is 5.91 Å². The zero-order valence-corrected chi connectivity index (χ0v) is 12.4. The van der Waals surface area contributed by atoms with Crippen LogP contribution in [0.1, 0.15) is 48.0 Å². The summed E-state index contributed by atoms with van der Waals surface area (Å²) in [6.07, 6.45) is 6.60. The van der Waals surface area contributed by atoms with Crippen LogP contribution in [0.5, 0.6) is 0 Å². The number of aryl methyl sites for hydroxylation is 1. The van der Waals surface area contributed by atoms with Crippen LogP contribution in [0.15, 0.2) is 18.2 Å². The Morgan fingerprint density at radius 2 is 2.00 bits per heavy atom. The number of fused-ring (bicyclic) bond motifs is 5. The lowest BCUT2D eigenvalue weighted by Crippen LogP contribution is -2.42. The first-order valence-corrected chi connectivity index (χ1v) is 8.20. The molecule has 0 aromatic heterocycles. The molecule has 4 rings (SSSR count). The van der Waals surface area contributed by atoms with E-state index in [1.165, 1.54) is 31.7 Å². The molecule has 3 saturated carbocycles. The van der Waals surface area contributed by atoms with Crippen molar-refractivity contribution in [3.05, 3.63) is 35.1 Å². The van der Waals surface area contributed by atoms with Crippen LogP contribution < -0.4 is 5.32 Å². The van der Waals surface area contributed by atoms with E-state index in [9.17, 15) is 9.18 Å². The Morgan fingerprint density at radius 3 is 2.81 bits per heavy atom. The van der Waals surface area contributed by atoms with Crippen LogP contribution in [-0.4, -0.2) is 11.9 Å². The smallest absolute Gasteiger partial charge is 0.251 e. The fourth-order valence-corrected chi connectivity index (χ4v) is 5.27. The van der Waals surface area contributed by atoms with Gasteiger partial charge in [0.2, 0.25) is 0 Å². The third-order valence-corrected chi connectivity index (χ3v) is 6.17. The van der Waals surface area contributed by atoms with Crippen molar-refractivity contribution in [2.75, 3.05) is 0 Å². The molecule has 0 aliphatic heterocycles. The maximum Gasteiger partial charge on any atom is 0.251 e. The van der Waals surface area contributed by atoms with Crippen LogP contribution in [-0.2, 0) is 0 Å². The van der Waals surface area contributed by atoms with Gasteiger partial charge in [-0.2, -0.15) is 0 Å². The molecule has 0 radical (unpaired) electrons. The van der Waals surface area contributed by atoms with Gasteiger partial charge in [-0.25, -0.2) is 4.39 Å². The highest BCUT2D eigenvalue weighted by molar-refractivity contribution is 5.94. The number of halogens is 1. The summed E-state index contributed by atoms with van der Waals surface area (Å²) >= 11 is 0. The van der Waals surface area contributed by atoms with Gasteiger partial charge in [-0.05, 0) is 80.0 Å². The van der Waals surface area contributed by atoms with Crippen LogP contribution in [0.4, 0.5) is 4.39 Å². The molecule has 3 aliphatic carbocycles. The first-order valence-electron chi connectivity index (χ1n) is 8.20. The van der Waals surface area contributed by atoms with Crippen molar-refractivity contribution >= 4 is 5.91 Å². The highest BCUT2D eigenvalue weighted by Crippen LogP contribution is 2.58. The Labute approximate surface area is 125 Å². The normalized spacial score (nSPS) is 36.8. The number of carbonyl (C=O) groups excluding carboxylic acids is 1. The first-order chi connectivity index (χ1) is 10.1. The summed E-state index contributed by atoms with van der Waals surface area (Å²) in [6.45, 7) is 1.70. The molecule has 3 aliphatic rings. The van der Waals surface area contributed by atoms with Crippen LogP contribution >= 0.6 is 0 Å². The second-order valence-electron chi connectivity index (χ2n) is 7.20. The van der Waals surface area contributed by atoms with Gasteiger partial charge < -0.3 is 5.32 Å². The first kappa shape index (κ1) is 13.3. The zero-order chi connectivity index (χ0) is 14.6. The number of hydrogen-bond donors (Lipinski definition) is 1. The Bertz CT molecular complexity index is 585. The zero-order valence-electron chi connectivity index (χ0n) is 12.4. The minimum absolute atomic E-state index is 0.0369. The fourth-order valence-electron chi connectivity index (χ4n) is 5.27. The quantitative estimate of drug-likeness (QED) is 0.883. The lowest BCUT2D eigenvalue weighted by molar-refractivity contribution is 0.0901. The van der Waals surface area contributed by atoms with E-state index in [0.29, 0.717) is 23.1 Å². The highest BCUT2D eigenvalue weighted by atomic mass is 19.1. The van der Waals surface area contributed by atoms with E-state index >= 15 is 0 Å². The van der Waals surface area contributed by atoms with Crippen molar-refractivity contribution in [1.82, 2.24) is 5.32 Å². The van der Waals surface area contributed by atoms with E-state index in [1.54, 1.807) is 19.1 Å². The maximum absolute atomic E-state index is 13.3. The minimum Gasteiger partial charge on any atom is -0.349 e. The SMILES string of the molecule is Cc1cc(C(=O)NC2CC3CC2C2CCCC32)ccc1F. The number of benzene rings is 1. The van der Waals surface area contributed by atoms with Crippen molar-refractivity contribution in [3.63, 3.8) is 0 Å². The minimum atomic E-state index is -0.250. The van der Waals surface area contributed by atoms with E-state index in [1.807, 2.05) is 0 Å². The van der Waals surface area contributed by atoms with Gasteiger partial charge in [-0.15, -0.1) is 0 Å². The average molecular weight is 287 g/mol.